The molecule has 0 spiro atoms. The molecule has 0 saturated heterocycles. The van der Waals surface area contributed by atoms with Gasteiger partial charge in [-0.25, -0.2) is 0 Å². The van der Waals surface area contributed by atoms with Crippen LogP contribution in [0.4, 0.5) is 5.69 Å². The maximum absolute atomic E-state index is 13.6. The number of anilines is 1. The molecule has 1 amide bonds. The van der Waals surface area contributed by atoms with E-state index in [9.17, 15) is 9.59 Å². The standard InChI is InChI=1S/C26H24N2O3/c1-17-8-6-13-24(18(17)2)28(26(30)20-10-7-11-22(15-20)31-3)16-21-14-19-9-4-5-12-23(19)27-25(21)29/h4-15H,16H2,1-3H3,(H,27,29). The summed E-state index contributed by atoms with van der Waals surface area (Å²) in [5.41, 5.74) is 4.44. The van der Waals surface area contributed by atoms with Crippen molar-refractivity contribution in [2.24, 2.45) is 0 Å². The molecule has 1 heterocycles. The van der Waals surface area contributed by atoms with Crippen molar-refractivity contribution in [3.8, 4) is 5.75 Å². The molecule has 5 nitrogen and oxygen atoms in total. The molecule has 0 atom stereocenters. The highest BCUT2D eigenvalue weighted by Gasteiger charge is 2.22. The smallest absolute Gasteiger partial charge is 0.258 e. The number of H-pyrrole nitrogens is 1. The van der Waals surface area contributed by atoms with Crippen LogP contribution in [0.3, 0.4) is 0 Å². The van der Waals surface area contributed by atoms with Gasteiger partial charge in [-0.2, -0.15) is 0 Å². The number of fused-ring (bicyclic) bond motifs is 1. The largest absolute Gasteiger partial charge is 0.497 e. The lowest BCUT2D eigenvalue weighted by Crippen LogP contribution is -2.33. The SMILES string of the molecule is COc1cccc(C(=O)N(Cc2cc3ccccc3[nH]c2=O)c2cccc(C)c2C)c1. The summed E-state index contributed by atoms with van der Waals surface area (Å²) in [4.78, 5) is 31.0. The Morgan fingerprint density at radius 1 is 0.968 bits per heavy atom. The minimum Gasteiger partial charge on any atom is -0.497 e. The van der Waals surface area contributed by atoms with Gasteiger partial charge in [0, 0.05) is 22.3 Å². The first kappa shape index (κ1) is 20.4. The van der Waals surface area contributed by atoms with Crippen molar-refractivity contribution in [1.29, 1.82) is 0 Å². The van der Waals surface area contributed by atoms with Gasteiger partial charge in [-0.1, -0.05) is 36.4 Å². The average molecular weight is 412 g/mol. The summed E-state index contributed by atoms with van der Waals surface area (Å²) < 4.78 is 5.29. The number of ether oxygens (including phenoxy) is 1. The lowest BCUT2D eigenvalue weighted by Gasteiger charge is -2.25. The lowest BCUT2D eigenvalue weighted by molar-refractivity contribution is 0.0984. The second kappa shape index (κ2) is 8.48. The second-order valence-electron chi connectivity index (χ2n) is 7.55. The quantitative estimate of drug-likeness (QED) is 0.502. The fraction of sp³-hybridized carbons (Fsp3) is 0.154. The highest BCUT2D eigenvalue weighted by atomic mass is 16.5. The molecule has 156 valence electrons. The van der Waals surface area contributed by atoms with Gasteiger partial charge in [0.15, 0.2) is 0 Å². The van der Waals surface area contributed by atoms with Crippen molar-refractivity contribution in [1.82, 2.24) is 4.98 Å². The maximum Gasteiger partial charge on any atom is 0.258 e. The minimum atomic E-state index is -0.201. The van der Waals surface area contributed by atoms with E-state index in [1.807, 2.05) is 62.4 Å². The topological polar surface area (TPSA) is 62.4 Å². The van der Waals surface area contributed by atoms with Crippen molar-refractivity contribution in [2.45, 2.75) is 20.4 Å². The maximum atomic E-state index is 13.6. The summed E-state index contributed by atoms with van der Waals surface area (Å²) in [5, 5.41) is 0.923. The Kier molecular flexibility index (Phi) is 5.58. The van der Waals surface area contributed by atoms with E-state index in [-0.39, 0.29) is 18.0 Å². The van der Waals surface area contributed by atoms with Crippen LogP contribution in [0.25, 0.3) is 10.9 Å². The number of carbonyl (C=O) groups excluding carboxylic acids is 1. The van der Waals surface area contributed by atoms with Crippen LogP contribution in [0.1, 0.15) is 27.0 Å². The van der Waals surface area contributed by atoms with E-state index in [0.29, 0.717) is 16.9 Å². The van der Waals surface area contributed by atoms with E-state index in [2.05, 4.69) is 4.98 Å². The summed E-state index contributed by atoms with van der Waals surface area (Å²) in [5.74, 6) is 0.412. The van der Waals surface area contributed by atoms with E-state index in [0.717, 1.165) is 27.7 Å². The van der Waals surface area contributed by atoms with Gasteiger partial charge in [0.05, 0.1) is 13.7 Å². The fourth-order valence-electron chi connectivity index (χ4n) is 3.69. The molecule has 3 aromatic carbocycles. The van der Waals surface area contributed by atoms with Crippen LogP contribution in [0, 0.1) is 13.8 Å². The van der Waals surface area contributed by atoms with Gasteiger partial charge in [0.1, 0.15) is 5.75 Å². The third-order valence-electron chi connectivity index (χ3n) is 5.59. The normalized spacial score (nSPS) is 10.8. The molecule has 0 radical (unpaired) electrons. The van der Waals surface area contributed by atoms with Crippen molar-refractivity contribution >= 4 is 22.5 Å². The van der Waals surface area contributed by atoms with Gasteiger partial charge in [-0.3, -0.25) is 9.59 Å². The molecule has 31 heavy (non-hydrogen) atoms. The molecular weight excluding hydrogens is 388 g/mol. The van der Waals surface area contributed by atoms with E-state index in [4.69, 9.17) is 4.74 Å². The predicted molar refractivity (Wildman–Crippen MR) is 124 cm³/mol. The first-order valence-corrected chi connectivity index (χ1v) is 10.1. The number of aromatic nitrogens is 1. The van der Waals surface area contributed by atoms with Gasteiger partial charge >= 0.3 is 0 Å². The van der Waals surface area contributed by atoms with Crippen molar-refractivity contribution in [3.63, 3.8) is 0 Å². The summed E-state index contributed by atoms with van der Waals surface area (Å²) in [6.07, 6.45) is 0. The number of para-hydroxylation sites is 1. The van der Waals surface area contributed by atoms with Crippen LogP contribution < -0.4 is 15.2 Å². The van der Waals surface area contributed by atoms with Crippen LogP contribution in [0.2, 0.25) is 0 Å². The molecule has 5 heteroatoms. The third-order valence-corrected chi connectivity index (χ3v) is 5.59. The number of aryl methyl sites for hydroxylation is 1. The van der Waals surface area contributed by atoms with Crippen LogP contribution in [-0.4, -0.2) is 18.0 Å². The monoisotopic (exact) mass is 412 g/mol. The van der Waals surface area contributed by atoms with Gasteiger partial charge in [-0.15, -0.1) is 0 Å². The van der Waals surface area contributed by atoms with E-state index < -0.39 is 0 Å². The number of amides is 1. The fourth-order valence-corrected chi connectivity index (χ4v) is 3.69. The molecule has 0 aliphatic rings. The van der Waals surface area contributed by atoms with Crippen LogP contribution in [-0.2, 0) is 6.54 Å². The molecule has 0 aliphatic heterocycles. The first-order valence-electron chi connectivity index (χ1n) is 10.1. The Balaban J connectivity index is 1.83. The number of methoxy groups -OCH3 is 1. The Morgan fingerprint density at radius 3 is 2.55 bits per heavy atom. The number of aromatic amines is 1. The van der Waals surface area contributed by atoms with Gasteiger partial charge in [0.2, 0.25) is 0 Å². The number of hydrogen-bond acceptors (Lipinski definition) is 3. The number of nitrogens with one attached hydrogen (secondary N) is 1. The molecule has 0 saturated carbocycles. The number of rotatable bonds is 5. The molecule has 1 aromatic heterocycles. The molecule has 0 aliphatic carbocycles. The Bertz CT molecular complexity index is 1320. The number of nitrogens with zero attached hydrogens (tertiary/aromatic N) is 1. The Hall–Kier alpha value is -3.86. The third kappa shape index (κ3) is 4.08. The summed E-state index contributed by atoms with van der Waals surface area (Å²) in [7, 11) is 1.57. The Morgan fingerprint density at radius 2 is 1.74 bits per heavy atom. The molecule has 4 aromatic rings. The number of benzene rings is 3. The molecular formula is C26H24N2O3. The zero-order valence-corrected chi connectivity index (χ0v) is 17.8. The van der Waals surface area contributed by atoms with Gasteiger partial charge in [-0.05, 0) is 66.8 Å². The van der Waals surface area contributed by atoms with Gasteiger partial charge in [0.25, 0.3) is 11.5 Å². The van der Waals surface area contributed by atoms with Crippen molar-refractivity contribution < 1.29 is 9.53 Å². The lowest BCUT2D eigenvalue weighted by atomic mass is 10.0. The molecule has 1 N–H and O–H groups in total. The van der Waals surface area contributed by atoms with E-state index in [1.165, 1.54) is 0 Å². The zero-order valence-electron chi connectivity index (χ0n) is 17.8. The molecule has 0 fully saturated rings. The van der Waals surface area contributed by atoms with Gasteiger partial charge < -0.3 is 14.6 Å². The Labute approximate surface area is 180 Å². The summed E-state index contributed by atoms with van der Waals surface area (Å²) in [6.45, 7) is 4.15. The van der Waals surface area contributed by atoms with Crippen molar-refractivity contribution in [2.75, 3.05) is 12.0 Å². The zero-order chi connectivity index (χ0) is 22.0. The highest BCUT2D eigenvalue weighted by molar-refractivity contribution is 6.06. The second-order valence-corrected chi connectivity index (χ2v) is 7.55. The molecule has 0 unspecified atom stereocenters. The predicted octanol–water partition coefficient (Wildman–Crippen LogP) is 5.00. The van der Waals surface area contributed by atoms with E-state index >= 15 is 0 Å². The van der Waals surface area contributed by atoms with E-state index in [1.54, 1.807) is 36.3 Å². The number of carbonyl (C=O) groups is 1. The van der Waals surface area contributed by atoms with Crippen LogP contribution in [0.5, 0.6) is 5.75 Å². The van der Waals surface area contributed by atoms with Crippen LogP contribution in [0.15, 0.2) is 77.6 Å². The summed E-state index contributed by atoms with van der Waals surface area (Å²) in [6, 6.07) is 22.4. The highest BCUT2D eigenvalue weighted by Crippen LogP contribution is 2.27. The van der Waals surface area contributed by atoms with Crippen LogP contribution >= 0.6 is 0 Å². The minimum absolute atomic E-state index is 0.153. The number of hydrogen-bond donors (Lipinski definition) is 1. The average Bonchev–Trinajstić information content (AvgIpc) is 2.79. The summed E-state index contributed by atoms with van der Waals surface area (Å²) >= 11 is 0. The molecule has 0 bridgehead atoms. The molecule has 4 rings (SSSR count). The first-order chi connectivity index (χ1) is 15.0. The number of pyridine rings is 1. The van der Waals surface area contributed by atoms with Crippen molar-refractivity contribution in [3.05, 3.63) is 105 Å².